The molecule has 2 aromatic carbocycles. The highest BCUT2D eigenvalue weighted by atomic mass is 32.2. The summed E-state index contributed by atoms with van der Waals surface area (Å²) in [5.74, 6) is -0.991. The average molecular weight is 410 g/mol. The van der Waals surface area contributed by atoms with Gasteiger partial charge in [0.1, 0.15) is 12.1 Å². The van der Waals surface area contributed by atoms with Crippen molar-refractivity contribution in [2.75, 3.05) is 6.61 Å². The zero-order valence-corrected chi connectivity index (χ0v) is 16.8. The summed E-state index contributed by atoms with van der Waals surface area (Å²) in [5.41, 5.74) is 3.41. The van der Waals surface area contributed by atoms with Crippen molar-refractivity contribution in [2.45, 2.75) is 47.6 Å². The Balaban J connectivity index is 1.31. The van der Waals surface area contributed by atoms with E-state index in [0.29, 0.717) is 23.3 Å². The van der Waals surface area contributed by atoms with Gasteiger partial charge in [-0.05, 0) is 47.9 Å². The first-order valence-corrected chi connectivity index (χ1v) is 11.0. The van der Waals surface area contributed by atoms with Crippen LogP contribution in [-0.2, 0) is 9.53 Å². The van der Waals surface area contributed by atoms with Gasteiger partial charge in [-0.1, -0.05) is 48.5 Å². The highest BCUT2D eigenvalue weighted by Gasteiger charge is 2.50. The first-order valence-electron chi connectivity index (χ1n) is 10.1. The van der Waals surface area contributed by atoms with E-state index in [2.05, 4.69) is 29.6 Å². The zero-order chi connectivity index (χ0) is 20.0. The van der Waals surface area contributed by atoms with Crippen LogP contribution in [-0.4, -0.2) is 39.8 Å². The van der Waals surface area contributed by atoms with Crippen molar-refractivity contribution in [3.63, 3.8) is 0 Å². The minimum Gasteiger partial charge on any atom is -0.480 e. The van der Waals surface area contributed by atoms with Crippen molar-refractivity contribution in [2.24, 2.45) is 0 Å². The van der Waals surface area contributed by atoms with Crippen LogP contribution in [0.4, 0.5) is 4.79 Å². The number of ether oxygens (including phenoxy) is 1. The molecule has 2 N–H and O–H groups in total. The standard InChI is InChI=1S/C23H23NO4S/c25-21(26)23(11-14-9-10-15(12-23)29-14)24-22(27)28-13-20-18-7-3-1-5-16(18)17-6-2-4-8-19(17)20/h1-8,14-15,20H,9-13H2,(H,24,27)(H,25,26). The molecular weight excluding hydrogens is 386 g/mol. The monoisotopic (exact) mass is 409 g/mol. The third-order valence-corrected chi connectivity index (χ3v) is 8.02. The molecule has 29 heavy (non-hydrogen) atoms. The summed E-state index contributed by atoms with van der Waals surface area (Å²) in [5, 5.41) is 13.2. The van der Waals surface area contributed by atoms with E-state index < -0.39 is 17.6 Å². The van der Waals surface area contributed by atoms with Gasteiger partial charge in [0.25, 0.3) is 0 Å². The van der Waals surface area contributed by atoms with Crippen molar-refractivity contribution < 1.29 is 19.4 Å². The Kier molecular flexibility index (Phi) is 4.54. The molecule has 0 aromatic heterocycles. The number of nitrogens with one attached hydrogen (secondary N) is 1. The van der Waals surface area contributed by atoms with Gasteiger partial charge in [-0.25, -0.2) is 9.59 Å². The lowest BCUT2D eigenvalue weighted by atomic mass is 9.89. The van der Waals surface area contributed by atoms with Crippen LogP contribution in [0.5, 0.6) is 0 Å². The van der Waals surface area contributed by atoms with Crippen molar-refractivity contribution in [3.05, 3.63) is 59.7 Å². The average Bonchev–Trinajstić information content (AvgIpc) is 3.23. The second kappa shape index (κ2) is 7.10. The molecule has 3 aliphatic rings. The second-order valence-corrected chi connectivity index (χ2v) is 9.81. The highest BCUT2D eigenvalue weighted by Crippen LogP contribution is 2.48. The largest absolute Gasteiger partial charge is 0.480 e. The van der Waals surface area contributed by atoms with Crippen molar-refractivity contribution in [1.82, 2.24) is 5.32 Å². The van der Waals surface area contributed by atoms with Crippen molar-refractivity contribution >= 4 is 23.8 Å². The molecule has 0 saturated carbocycles. The van der Waals surface area contributed by atoms with Crippen LogP contribution < -0.4 is 5.32 Å². The number of aliphatic carboxylic acids is 1. The molecule has 2 saturated heterocycles. The molecule has 2 fully saturated rings. The van der Waals surface area contributed by atoms with E-state index in [-0.39, 0.29) is 12.5 Å². The molecule has 0 spiro atoms. The lowest BCUT2D eigenvalue weighted by molar-refractivity contribution is -0.145. The zero-order valence-electron chi connectivity index (χ0n) is 16.0. The summed E-state index contributed by atoms with van der Waals surface area (Å²) < 4.78 is 5.59. The molecule has 2 aromatic rings. The summed E-state index contributed by atoms with van der Waals surface area (Å²) in [6.45, 7) is 0.192. The topological polar surface area (TPSA) is 75.6 Å². The van der Waals surface area contributed by atoms with Crippen LogP contribution >= 0.6 is 11.8 Å². The summed E-state index contributed by atoms with van der Waals surface area (Å²) in [6, 6.07) is 16.3. The van der Waals surface area contributed by atoms with Crippen LogP contribution in [0.3, 0.4) is 0 Å². The van der Waals surface area contributed by atoms with Crippen LogP contribution in [0.2, 0.25) is 0 Å². The van der Waals surface area contributed by atoms with Gasteiger partial charge in [-0.2, -0.15) is 11.8 Å². The van der Waals surface area contributed by atoms with Crippen LogP contribution in [0.15, 0.2) is 48.5 Å². The van der Waals surface area contributed by atoms with Gasteiger partial charge < -0.3 is 15.2 Å². The predicted molar refractivity (Wildman–Crippen MR) is 112 cm³/mol. The Bertz CT molecular complexity index is 917. The van der Waals surface area contributed by atoms with Crippen LogP contribution in [0, 0.1) is 0 Å². The molecule has 0 radical (unpaired) electrons. The van der Waals surface area contributed by atoms with E-state index in [0.717, 1.165) is 24.0 Å². The maximum absolute atomic E-state index is 12.6. The maximum atomic E-state index is 12.6. The van der Waals surface area contributed by atoms with E-state index in [1.807, 2.05) is 36.0 Å². The van der Waals surface area contributed by atoms with Crippen LogP contribution in [0.25, 0.3) is 11.1 Å². The van der Waals surface area contributed by atoms with Crippen LogP contribution in [0.1, 0.15) is 42.7 Å². The van der Waals surface area contributed by atoms with Crippen molar-refractivity contribution in [1.29, 1.82) is 0 Å². The molecule has 1 aliphatic carbocycles. The van der Waals surface area contributed by atoms with E-state index in [1.54, 1.807) is 0 Å². The number of hydrogen-bond acceptors (Lipinski definition) is 4. The van der Waals surface area contributed by atoms with Crippen molar-refractivity contribution in [3.8, 4) is 11.1 Å². The number of hydrogen-bond donors (Lipinski definition) is 2. The number of carbonyl (C=O) groups excluding carboxylic acids is 1. The fourth-order valence-electron chi connectivity index (χ4n) is 5.10. The molecule has 5 rings (SSSR count). The number of amides is 1. The molecule has 2 atom stereocenters. The van der Waals surface area contributed by atoms with Gasteiger partial charge in [0.05, 0.1) is 0 Å². The van der Waals surface area contributed by atoms with Gasteiger partial charge in [0.15, 0.2) is 0 Å². The van der Waals surface area contributed by atoms with E-state index in [4.69, 9.17) is 4.74 Å². The lowest BCUT2D eigenvalue weighted by Crippen LogP contribution is -2.58. The lowest BCUT2D eigenvalue weighted by Gasteiger charge is -2.37. The van der Waals surface area contributed by atoms with Gasteiger partial charge in [-0.15, -0.1) is 0 Å². The fraction of sp³-hybridized carbons (Fsp3) is 0.391. The number of carboxylic acid groups (broad SMARTS) is 1. The second-order valence-electron chi connectivity index (χ2n) is 8.20. The Morgan fingerprint density at radius 3 is 2.10 bits per heavy atom. The minimum absolute atomic E-state index is 0.0352. The molecule has 1 amide bonds. The van der Waals surface area contributed by atoms with E-state index >= 15 is 0 Å². The molecule has 6 heteroatoms. The minimum atomic E-state index is -1.21. The first-order chi connectivity index (χ1) is 14.1. The Morgan fingerprint density at radius 2 is 1.55 bits per heavy atom. The number of carboxylic acids is 1. The number of fused-ring (bicyclic) bond motifs is 5. The number of thioether (sulfide) groups is 1. The fourth-order valence-corrected chi connectivity index (χ4v) is 6.95. The Morgan fingerprint density at radius 1 is 1.00 bits per heavy atom. The number of rotatable bonds is 4. The highest BCUT2D eigenvalue weighted by molar-refractivity contribution is 8.00. The van der Waals surface area contributed by atoms with Gasteiger partial charge in [0.2, 0.25) is 0 Å². The molecule has 2 unspecified atom stereocenters. The molecule has 150 valence electrons. The third-order valence-electron chi connectivity index (χ3n) is 6.44. The molecule has 2 aliphatic heterocycles. The van der Waals surface area contributed by atoms with E-state index in [1.165, 1.54) is 11.1 Å². The summed E-state index contributed by atoms with van der Waals surface area (Å²) in [6.07, 6.45) is 2.34. The molecule has 5 nitrogen and oxygen atoms in total. The summed E-state index contributed by atoms with van der Waals surface area (Å²) in [7, 11) is 0. The first kappa shape index (κ1) is 18.6. The molecule has 2 heterocycles. The summed E-state index contributed by atoms with van der Waals surface area (Å²) >= 11 is 1.86. The van der Waals surface area contributed by atoms with E-state index in [9.17, 15) is 14.7 Å². The normalized spacial score (nSPS) is 27.2. The van der Waals surface area contributed by atoms with Gasteiger partial charge in [0, 0.05) is 16.4 Å². The number of carbonyl (C=O) groups is 2. The quantitative estimate of drug-likeness (QED) is 0.783. The third kappa shape index (κ3) is 3.19. The number of alkyl carbamates (subject to hydrolysis) is 1. The predicted octanol–water partition coefficient (Wildman–Crippen LogP) is 4.41. The Hall–Kier alpha value is -2.47. The smallest absolute Gasteiger partial charge is 0.408 e. The SMILES string of the molecule is O=C(NC1(C(=O)O)CC2CCC(C1)S2)OCC1c2ccccc2-c2ccccc21. The van der Waals surface area contributed by atoms with Gasteiger partial charge >= 0.3 is 12.1 Å². The Labute approximate surface area is 173 Å². The maximum Gasteiger partial charge on any atom is 0.408 e. The number of benzene rings is 2. The molecule has 2 bridgehead atoms. The van der Waals surface area contributed by atoms with Gasteiger partial charge in [-0.3, -0.25) is 0 Å². The summed E-state index contributed by atoms with van der Waals surface area (Å²) in [4.78, 5) is 24.7. The molecular formula is C23H23NO4S.